The number of fused-ring (bicyclic) bond motifs is 1. The van der Waals surface area contributed by atoms with E-state index in [2.05, 4.69) is 11.0 Å². The number of carbonyl (C=O) groups excluding carboxylic acids is 1. The summed E-state index contributed by atoms with van der Waals surface area (Å²) in [6, 6.07) is 8.14. The molecule has 0 saturated carbocycles. The Kier molecular flexibility index (Phi) is 1.93. The first kappa shape index (κ1) is 8.45. The second-order valence-electron chi connectivity index (χ2n) is 3.63. The molecule has 1 aromatic rings. The standard InChI is InChI=1S/C11H13NO/c1-8(13)11-10-6-4-3-5-9(10)7-12(11)2/h3-6,11H,7H2,1-2H3. The van der Waals surface area contributed by atoms with Crippen molar-refractivity contribution in [1.29, 1.82) is 0 Å². The molecule has 2 rings (SSSR count). The van der Waals surface area contributed by atoms with Gasteiger partial charge in [0, 0.05) is 6.54 Å². The van der Waals surface area contributed by atoms with Crippen molar-refractivity contribution in [2.45, 2.75) is 19.5 Å². The average molecular weight is 175 g/mol. The summed E-state index contributed by atoms with van der Waals surface area (Å²) in [5, 5.41) is 0. The summed E-state index contributed by atoms with van der Waals surface area (Å²) in [5.74, 6) is 0.229. The molecule has 2 nitrogen and oxygen atoms in total. The van der Waals surface area contributed by atoms with Crippen LogP contribution in [-0.4, -0.2) is 17.7 Å². The second kappa shape index (κ2) is 2.96. The Hall–Kier alpha value is -1.15. The van der Waals surface area contributed by atoms with Gasteiger partial charge in [0.05, 0.1) is 6.04 Å². The minimum Gasteiger partial charge on any atom is -0.298 e. The quantitative estimate of drug-likeness (QED) is 0.648. The van der Waals surface area contributed by atoms with Gasteiger partial charge in [0.1, 0.15) is 0 Å². The van der Waals surface area contributed by atoms with E-state index in [9.17, 15) is 4.79 Å². The van der Waals surface area contributed by atoms with Gasteiger partial charge in [0.15, 0.2) is 5.78 Å². The van der Waals surface area contributed by atoms with Gasteiger partial charge < -0.3 is 0 Å². The van der Waals surface area contributed by atoms with Gasteiger partial charge in [-0.15, -0.1) is 0 Å². The average Bonchev–Trinajstić information content (AvgIpc) is 2.39. The van der Waals surface area contributed by atoms with Crippen LogP contribution in [0, 0.1) is 0 Å². The van der Waals surface area contributed by atoms with Crippen molar-refractivity contribution in [3.8, 4) is 0 Å². The normalized spacial score (nSPS) is 21.5. The Labute approximate surface area is 78.2 Å². The zero-order chi connectivity index (χ0) is 9.42. The molecule has 1 aliphatic heterocycles. The first-order valence-electron chi connectivity index (χ1n) is 4.48. The van der Waals surface area contributed by atoms with Crippen molar-refractivity contribution in [2.75, 3.05) is 7.05 Å². The summed E-state index contributed by atoms with van der Waals surface area (Å²) in [7, 11) is 1.99. The lowest BCUT2D eigenvalue weighted by Crippen LogP contribution is -2.22. The Bertz CT molecular complexity index is 346. The molecule has 2 heteroatoms. The number of hydrogen-bond donors (Lipinski definition) is 0. The zero-order valence-corrected chi connectivity index (χ0v) is 7.95. The maximum atomic E-state index is 11.4. The van der Waals surface area contributed by atoms with Crippen molar-refractivity contribution >= 4 is 5.78 Å². The summed E-state index contributed by atoms with van der Waals surface area (Å²) in [5.41, 5.74) is 2.46. The van der Waals surface area contributed by atoms with E-state index in [4.69, 9.17) is 0 Å². The van der Waals surface area contributed by atoms with Crippen LogP contribution in [0.1, 0.15) is 24.1 Å². The van der Waals surface area contributed by atoms with Crippen LogP contribution in [0.2, 0.25) is 0 Å². The number of hydrogen-bond acceptors (Lipinski definition) is 2. The van der Waals surface area contributed by atoms with E-state index in [-0.39, 0.29) is 11.8 Å². The van der Waals surface area contributed by atoms with Gasteiger partial charge in [-0.25, -0.2) is 0 Å². The van der Waals surface area contributed by atoms with Crippen molar-refractivity contribution in [2.24, 2.45) is 0 Å². The zero-order valence-electron chi connectivity index (χ0n) is 7.95. The van der Waals surface area contributed by atoms with Crippen LogP contribution in [0.5, 0.6) is 0 Å². The first-order chi connectivity index (χ1) is 6.20. The lowest BCUT2D eigenvalue weighted by atomic mass is 10.0. The molecule has 0 N–H and O–H groups in total. The molecule has 0 bridgehead atoms. The molecule has 1 heterocycles. The highest BCUT2D eigenvalue weighted by molar-refractivity contribution is 5.84. The third-order valence-electron chi connectivity index (χ3n) is 2.60. The Morgan fingerprint density at radius 2 is 2.15 bits per heavy atom. The minimum atomic E-state index is -0.0174. The molecule has 1 aliphatic rings. The number of benzene rings is 1. The molecule has 68 valence electrons. The van der Waals surface area contributed by atoms with Gasteiger partial charge in [-0.1, -0.05) is 24.3 Å². The van der Waals surface area contributed by atoms with E-state index in [0.717, 1.165) is 6.54 Å². The van der Waals surface area contributed by atoms with E-state index in [1.807, 2.05) is 25.2 Å². The number of ketones is 1. The highest BCUT2D eigenvalue weighted by Gasteiger charge is 2.29. The van der Waals surface area contributed by atoms with Crippen LogP contribution in [0.3, 0.4) is 0 Å². The van der Waals surface area contributed by atoms with Gasteiger partial charge in [-0.2, -0.15) is 0 Å². The largest absolute Gasteiger partial charge is 0.298 e. The molecule has 1 atom stereocenters. The molecular formula is C11H13NO. The van der Waals surface area contributed by atoms with Crippen molar-refractivity contribution < 1.29 is 4.79 Å². The fraction of sp³-hybridized carbons (Fsp3) is 0.364. The number of rotatable bonds is 1. The molecule has 0 aromatic heterocycles. The van der Waals surface area contributed by atoms with E-state index in [0.29, 0.717) is 0 Å². The van der Waals surface area contributed by atoms with Gasteiger partial charge in [0.2, 0.25) is 0 Å². The van der Waals surface area contributed by atoms with Crippen LogP contribution in [0.4, 0.5) is 0 Å². The van der Waals surface area contributed by atoms with Crippen molar-refractivity contribution in [3.63, 3.8) is 0 Å². The fourth-order valence-electron chi connectivity index (χ4n) is 2.07. The Morgan fingerprint density at radius 3 is 2.85 bits per heavy atom. The summed E-state index contributed by atoms with van der Waals surface area (Å²) in [6.45, 7) is 2.55. The highest BCUT2D eigenvalue weighted by Crippen LogP contribution is 2.32. The fourth-order valence-corrected chi connectivity index (χ4v) is 2.07. The third-order valence-corrected chi connectivity index (χ3v) is 2.60. The number of carbonyl (C=O) groups is 1. The van der Waals surface area contributed by atoms with Gasteiger partial charge in [-0.3, -0.25) is 9.69 Å². The molecule has 0 aliphatic carbocycles. The maximum absolute atomic E-state index is 11.4. The van der Waals surface area contributed by atoms with Crippen LogP contribution in [-0.2, 0) is 11.3 Å². The Morgan fingerprint density at radius 1 is 1.46 bits per heavy atom. The number of nitrogens with zero attached hydrogens (tertiary/aromatic N) is 1. The van der Waals surface area contributed by atoms with Gasteiger partial charge in [0.25, 0.3) is 0 Å². The smallest absolute Gasteiger partial charge is 0.151 e. The van der Waals surface area contributed by atoms with Crippen LogP contribution in [0.15, 0.2) is 24.3 Å². The third kappa shape index (κ3) is 1.27. The summed E-state index contributed by atoms with van der Waals surface area (Å²) in [6.07, 6.45) is 0. The molecule has 1 unspecified atom stereocenters. The van der Waals surface area contributed by atoms with Crippen LogP contribution < -0.4 is 0 Å². The molecule has 1 aromatic carbocycles. The predicted octanol–water partition coefficient (Wildman–Crippen LogP) is 1.76. The lowest BCUT2D eigenvalue weighted by Gasteiger charge is -2.16. The molecule has 0 saturated heterocycles. The Balaban J connectivity index is 2.46. The summed E-state index contributed by atoms with van der Waals surface area (Å²) < 4.78 is 0. The maximum Gasteiger partial charge on any atom is 0.151 e. The van der Waals surface area contributed by atoms with Gasteiger partial charge in [-0.05, 0) is 25.1 Å². The summed E-state index contributed by atoms with van der Waals surface area (Å²) >= 11 is 0. The molecule has 0 spiro atoms. The first-order valence-corrected chi connectivity index (χ1v) is 4.48. The lowest BCUT2D eigenvalue weighted by molar-refractivity contribution is -0.121. The van der Waals surface area contributed by atoms with Crippen molar-refractivity contribution in [3.05, 3.63) is 35.4 Å². The molecule has 13 heavy (non-hydrogen) atoms. The number of Topliss-reactive ketones (excluding diaryl/α,β-unsaturated/α-hetero) is 1. The van der Waals surface area contributed by atoms with Gasteiger partial charge >= 0.3 is 0 Å². The minimum absolute atomic E-state index is 0.0174. The van der Waals surface area contributed by atoms with Crippen LogP contribution in [0.25, 0.3) is 0 Å². The van der Waals surface area contributed by atoms with E-state index >= 15 is 0 Å². The predicted molar refractivity (Wildman–Crippen MR) is 51.3 cm³/mol. The molecule has 0 fully saturated rings. The van der Waals surface area contributed by atoms with E-state index in [1.165, 1.54) is 11.1 Å². The molecule has 0 amide bonds. The molecule has 0 radical (unpaired) electrons. The molecular weight excluding hydrogens is 162 g/mol. The topological polar surface area (TPSA) is 20.3 Å². The van der Waals surface area contributed by atoms with E-state index in [1.54, 1.807) is 6.92 Å². The number of likely N-dealkylation sites (N-methyl/N-ethyl adjacent to an activating group) is 1. The van der Waals surface area contributed by atoms with Crippen LogP contribution >= 0.6 is 0 Å². The monoisotopic (exact) mass is 175 g/mol. The van der Waals surface area contributed by atoms with E-state index < -0.39 is 0 Å². The summed E-state index contributed by atoms with van der Waals surface area (Å²) in [4.78, 5) is 13.5. The second-order valence-corrected chi connectivity index (χ2v) is 3.63. The SMILES string of the molecule is CC(=O)C1c2ccccc2CN1C. The van der Waals surface area contributed by atoms with Crippen molar-refractivity contribution in [1.82, 2.24) is 4.90 Å². The highest BCUT2D eigenvalue weighted by atomic mass is 16.1.